The molecular weight excluding hydrogens is 454 g/mol. The number of alkyl halides is 6. The molecule has 1 rings (SSSR count). The third-order valence-corrected chi connectivity index (χ3v) is 2.83. The van der Waals surface area contributed by atoms with E-state index in [1.165, 1.54) is 12.1 Å². The van der Waals surface area contributed by atoms with E-state index >= 15 is 0 Å². The van der Waals surface area contributed by atoms with Crippen molar-refractivity contribution < 1.29 is 23.5 Å². The number of rotatable bonds is 3. The SMILES string of the molecule is O=C(OCC(Cl)(Cl)Cl)N(C(=O)OCC(Cl)(Cl)Cl)c1ccccc1F. The molecule has 0 aromatic heterocycles. The molecule has 0 heterocycles. The van der Waals surface area contributed by atoms with Crippen LogP contribution in [0.2, 0.25) is 0 Å². The highest BCUT2D eigenvalue weighted by Gasteiger charge is 2.33. The third kappa shape index (κ3) is 7.68. The van der Waals surface area contributed by atoms with E-state index in [1.54, 1.807) is 0 Å². The fraction of sp³-hybridized carbons (Fsp3) is 0.333. The summed E-state index contributed by atoms with van der Waals surface area (Å²) >= 11 is 32.7. The van der Waals surface area contributed by atoms with E-state index in [-0.39, 0.29) is 4.90 Å². The Bertz CT molecular complexity index is 574. The van der Waals surface area contributed by atoms with E-state index in [0.29, 0.717) is 0 Å². The van der Waals surface area contributed by atoms with Gasteiger partial charge in [-0.1, -0.05) is 81.7 Å². The standard InChI is InChI=1S/C12H8Cl6FNO4/c13-11(14,15)5-23-9(21)20(8-4-2-1-3-7(8)19)10(22)24-6-12(16,17)18/h1-4H,5-6H2. The van der Waals surface area contributed by atoms with Crippen molar-refractivity contribution in [2.24, 2.45) is 0 Å². The maximum Gasteiger partial charge on any atom is 0.424 e. The number of hydrogen-bond donors (Lipinski definition) is 0. The third-order valence-electron chi connectivity index (χ3n) is 2.18. The van der Waals surface area contributed by atoms with Gasteiger partial charge >= 0.3 is 12.2 Å². The van der Waals surface area contributed by atoms with Crippen molar-refractivity contribution in [3.63, 3.8) is 0 Å². The average molecular weight is 462 g/mol. The second-order valence-electron chi connectivity index (χ2n) is 4.13. The topological polar surface area (TPSA) is 55.8 Å². The Balaban J connectivity index is 3.02. The minimum Gasteiger partial charge on any atom is -0.444 e. The predicted molar refractivity (Wildman–Crippen MR) is 92.2 cm³/mol. The summed E-state index contributed by atoms with van der Waals surface area (Å²) in [6.45, 7) is -1.39. The first-order valence-electron chi connectivity index (χ1n) is 5.92. The fourth-order valence-corrected chi connectivity index (χ4v) is 1.65. The van der Waals surface area contributed by atoms with Gasteiger partial charge in [-0.15, -0.1) is 0 Å². The van der Waals surface area contributed by atoms with Crippen LogP contribution in [0.1, 0.15) is 0 Å². The monoisotopic (exact) mass is 459 g/mol. The molecule has 1 aromatic rings. The molecule has 24 heavy (non-hydrogen) atoms. The van der Waals surface area contributed by atoms with Gasteiger partial charge in [0, 0.05) is 0 Å². The zero-order chi connectivity index (χ0) is 18.5. The van der Waals surface area contributed by atoms with Crippen LogP contribution in [0.15, 0.2) is 24.3 Å². The summed E-state index contributed by atoms with van der Waals surface area (Å²) in [6, 6.07) is 4.85. The molecule has 0 atom stereocenters. The number of anilines is 1. The minimum atomic E-state index is -1.93. The van der Waals surface area contributed by atoms with Crippen LogP contribution in [0.5, 0.6) is 0 Å². The molecule has 0 fully saturated rings. The number of ether oxygens (including phenoxy) is 2. The van der Waals surface area contributed by atoms with Crippen LogP contribution >= 0.6 is 69.6 Å². The van der Waals surface area contributed by atoms with Crippen molar-refractivity contribution in [2.75, 3.05) is 18.1 Å². The number of carbonyl (C=O) groups is 2. The van der Waals surface area contributed by atoms with Crippen LogP contribution in [0.3, 0.4) is 0 Å². The summed E-state index contributed by atoms with van der Waals surface area (Å²) in [7, 11) is 0. The molecule has 0 saturated carbocycles. The summed E-state index contributed by atoms with van der Waals surface area (Å²) < 4.78 is 19.3. The predicted octanol–water partition coefficient (Wildman–Crippen LogP) is 5.65. The molecule has 0 N–H and O–H groups in total. The van der Waals surface area contributed by atoms with Crippen molar-refractivity contribution in [3.8, 4) is 0 Å². The number of hydrogen-bond acceptors (Lipinski definition) is 4. The molecule has 0 bridgehead atoms. The van der Waals surface area contributed by atoms with Gasteiger partial charge in [-0.05, 0) is 12.1 Å². The maximum atomic E-state index is 13.9. The van der Waals surface area contributed by atoms with Crippen LogP contribution in [-0.2, 0) is 9.47 Å². The van der Waals surface area contributed by atoms with Gasteiger partial charge in [-0.25, -0.2) is 14.0 Å². The Morgan fingerprint density at radius 1 is 0.917 bits per heavy atom. The van der Waals surface area contributed by atoms with E-state index in [9.17, 15) is 14.0 Å². The summed E-state index contributed by atoms with van der Waals surface area (Å²) in [4.78, 5) is 24.4. The molecule has 0 saturated heterocycles. The molecule has 134 valence electrons. The van der Waals surface area contributed by atoms with Gasteiger partial charge in [0.15, 0.2) is 0 Å². The van der Waals surface area contributed by atoms with E-state index in [1.807, 2.05) is 0 Å². The lowest BCUT2D eigenvalue weighted by molar-refractivity contribution is 0.136. The van der Waals surface area contributed by atoms with Crippen molar-refractivity contribution in [2.45, 2.75) is 7.59 Å². The average Bonchev–Trinajstić information content (AvgIpc) is 2.44. The molecule has 0 unspecified atom stereocenters. The first kappa shape index (κ1) is 21.7. The minimum absolute atomic E-state index is 0.238. The molecular formula is C12H8Cl6FNO4. The molecule has 5 nitrogen and oxygen atoms in total. The van der Waals surface area contributed by atoms with Crippen LogP contribution in [0, 0.1) is 5.82 Å². The lowest BCUT2D eigenvalue weighted by Crippen LogP contribution is -2.40. The molecule has 0 aliphatic rings. The van der Waals surface area contributed by atoms with E-state index in [2.05, 4.69) is 9.47 Å². The van der Waals surface area contributed by atoms with Gasteiger partial charge in [-0.2, -0.15) is 4.90 Å². The summed E-state index contributed by atoms with van der Waals surface area (Å²) in [5.41, 5.74) is -0.457. The van der Waals surface area contributed by atoms with Crippen LogP contribution in [-0.4, -0.2) is 33.0 Å². The summed E-state index contributed by atoms with van der Waals surface area (Å²) in [6.07, 6.45) is -2.69. The van der Waals surface area contributed by atoms with Crippen LogP contribution in [0.4, 0.5) is 19.7 Å². The largest absolute Gasteiger partial charge is 0.444 e. The van der Waals surface area contributed by atoms with Crippen molar-refractivity contribution in [3.05, 3.63) is 30.1 Å². The van der Waals surface area contributed by atoms with Gasteiger partial charge in [-0.3, -0.25) is 0 Å². The van der Waals surface area contributed by atoms with E-state index in [4.69, 9.17) is 69.6 Å². The summed E-state index contributed by atoms with van der Waals surface area (Å²) in [5, 5.41) is 0. The van der Waals surface area contributed by atoms with Gasteiger partial charge in [0.05, 0.1) is 5.69 Å². The lowest BCUT2D eigenvalue weighted by Gasteiger charge is -2.22. The molecule has 0 aliphatic carbocycles. The molecule has 0 spiro atoms. The first-order chi connectivity index (χ1) is 10.9. The van der Waals surface area contributed by atoms with Crippen LogP contribution in [0.25, 0.3) is 0 Å². The van der Waals surface area contributed by atoms with Gasteiger partial charge in [0.25, 0.3) is 0 Å². The Morgan fingerprint density at radius 2 is 1.33 bits per heavy atom. The van der Waals surface area contributed by atoms with E-state index < -0.39 is 44.5 Å². The van der Waals surface area contributed by atoms with Crippen molar-refractivity contribution in [1.82, 2.24) is 0 Å². The zero-order valence-electron chi connectivity index (χ0n) is 11.4. The lowest BCUT2D eigenvalue weighted by atomic mass is 10.3. The second-order valence-corrected chi connectivity index (χ2v) is 9.16. The molecule has 0 aliphatic heterocycles. The van der Waals surface area contributed by atoms with E-state index in [0.717, 1.165) is 12.1 Å². The number of amides is 2. The number of carbonyl (C=O) groups excluding carboxylic acids is 2. The number of benzene rings is 1. The second kappa shape index (κ2) is 8.83. The number of nitrogens with zero attached hydrogens (tertiary/aromatic N) is 1. The van der Waals surface area contributed by atoms with Crippen molar-refractivity contribution in [1.29, 1.82) is 0 Å². The molecule has 12 heteroatoms. The van der Waals surface area contributed by atoms with Crippen LogP contribution < -0.4 is 4.90 Å². The van der Waals surface area contributed by atoms with Gasteiger partial charge in [0.1, 0.15) is 19.0 Å². The van der Waals surface area contributed by atoms with Gasteiger partial charge in [0.2, 0.25) is 7.59 Å². The zero-order valence-corrected chi connectivity index (χ0v) is 16.0. The highest BCUT2D eigenvalue weighted by atomic mass is 35.6. The molecule has 0 radical (unpaired) electrons. The molecule has 1 aromatic carbocycles. The summed E-state index contributed by atoms with van der Waals surface area (Å²) in [5.74, 6) is -0.908. The smallest absolute Gasteiger partial charge is 0.424 e. The number of halogens is 7. The first-order valence-corrected chi connectivity index (χ1v) is 8.19. The Labute approximate surface area is 166 Å². The number of imide groups is 1. The quantitative estimate of drug-likeness (QED) is 0.546. The fourth-order valence-electron chi connectivity index (χ4n) is 1.32. The Kier molecular flexibility index (Phi) is 7.97. The van der Waals surface area contributed by atoms with Crippen molar-refractivity contribution >= 4 is 87.5 Å². The van der Waals surface area contributed by atoms with Gasteiger partial charge < -0.3 is 9.47 Å². The Hall–Kier alpha value is -0.370. The Morgan fingerprint density at radius 3 is 1.71 bits per heavy atom. The maximum absolute atomic E-state index is 13.9. The normalized spacial score (nSPS) is 11.8. The molecule has 2 amide bonds. The highest BCUT2D eigenvalue weighted by Crippen LogP contribution is 2.29. The highest BCUT2D eigenvalue weighted by molar-refractivity contribution is 6.68. The number of para-hydroxylation sites is 1.